The van der Waals surface area contributed by atoms with Gasteiger partial charge in [-0.05, 0) is 31.0 Å². The van der Waals surface area contributed by atoms with Crippen molar-refractivity contribution in [3.8, 4) is 0 Å². The van der Waals surface area contributed by atoms with Crippen molar-refractivity contribution in [2.45, 2.75) is 18.4 Å². The molecule has 6 rings (SSSR count). The van der Waals surface area contributed by atoms with E-state index in [2.05, 4.69) is 10.3 Å². The van der Waals surface area contributed by atoms with E-state index in [1.54, 1.807) is 41.0 Å². The number of piperidine rings is 1. The van der Waals surface area contributed by atoms with Crippen LogP contribution in [0.15, 0.2) is 48.1 Å². The summed E-state index contributed by atoms with van der Waals surface area (Å²) in [5, 5.41) is 4.99. The second-order valence-corrected chi connectivity index (χ2v) is 9.59. The van der Waals surface area contributed by atoms with Crippen molar-refractivity contribution < 1.29 is 18.4 Å². The van der Waals surface area contributed by atoms with Gasteiger partial charge in [0.05, 0.1) is 33.9 Å². The Hall–Kier alpha value is -3.30. The van der Waals surface area contributed by atoms with Gasteiger partial charge in [-0.2, -0.15) is 0 Å². The maximum absolute atomic E-state index is 15.1. The minimum atomic E-state index is -2.93. The van der Waals surface area contributed by atoms with E-state index in [9.17, 15) is 9.59 Å². The monoisotopic (exact) mass is 466 g/mol. The molecule has 0 spiro atoms. The van der Waals surface area contributed by atoms with E-state index in [1.807, 2.05) is 23.6 Å². The molecule has 168 valence electrons. The first kappa shape index (κ1) is 20.3. The lowest BCUT2D eigenvalue weighted by Gasteiger charge is -2.37. The second-order valence-electron chi connectivity index (χ2n) is 8.67. The molecule has 2 aliphatic heterocycles. The molecule has 3 aromatic heterocycles. The maximum atomic E-state index is 15.1. The molecule has 33 heavy (non-hydrogen) atoms. The highest BCUT2D eigenvalue weighted by atomic mass is 32.1. The smallest absolute Gasteiger partial charge is 0.280 e. The fraction of sp³-hybridized carbons (Fsp3) is 0.250. The minimum Gasteiger partial charge on any atom is -0.360 e. The Morgan fingerprint density at radius 2 is 1.85 bits per heavy atom. The maximum Gasteiger partial charge on any atom is 0.280 e. The average molecular weight is 467 g/mol. The molecule has 2 N–H and O–H groups in total. The first-order valence-electron chi connectivity index (χ1n) is 10.7. The first-order chi connectivity index (χ1) is 15.8. The molecule has 2 aliphatic rings. The van der Waals surface area contributed by atoms with Gasteiger partial charge in [0.15, 0.2) is 0 Å². The highest BCUT2D eigenvalue weighted by Crippen LogP contribution is 2.43. The van der Waals surface area contributed by atoms with Crippen LogP contribution in [0.5, 0.6) is 0 Å². The predicted molar refractivity (Wildman–Crippen MR) is 124 cm³/mol. The van der Waals surface area contributed by atoms with Crippen molar-refractivity contribution in [3.63, 3.8) is 0 Å². The Bertz CT molecular complexity index is 1480. The number of benzene rings is 1. The number of thiophene rings is 1. The molecule has 5 heterocycles. The van der Waals surface area contributed by atoms with Gasteiger partial charge in [-0.25, -0.2) is 8.78 Å². The molecule has 1 saturated heterocycles. The number of carbonyl (C=O) groups is 2. The van der Waals surface area contributed by atoms with E-state index in [1.165, 1.54) is 11.3 Å². The lowest BCUT2D eigenvalue weighted by Crippen LogP contribution is -2.47. The number of nitrogens with zero attached hydrogens (tertiary/aromatic N) is 2. The standard InChI is InChI=1S/C24H20F2N4O2S/c1-29-8-6-18(24(25,26)12-29)30-11-15(13-4-2-3-5-17(13)30)20-19(22(31)28-23(20)32)14-10-27-16-7-9-33-21(14)16/h2-5,7,9-11,18,27H,6,8,12H2,1H3,(H,28,31,32). The van der Waals surface area contributed by atoms with Crippen LogP contribution in [0.3, 0.4) is 0 Å². The van der Waals surface area contributed by atoms with Gasteiger partial charge in [-0.15, -0.1) is 11.3 Å². The number of hydrogen-bond donors (Lipinski definition) is 2. The van der Waals surface area contributed by atoms with Crippen molar-refractivity contribution >= 4 is 55.4 Å². The number of carbonyl (C=O) groups excluding carboxylic acids is 2. The van der Waals surface area contributed by atoms with Crippen LogP contribution in [-0.4, -0.2) is 52.3 Å². The Labute approximate surface area is 191 Å². The number of aromatic amines is 1. The van der Waals surface area contributed by atoms with Crippen LogP contribution in [0.4, 0.5) is 8.78 Å². The Morgan fingerprint density at radius 3 is 2.64 bits per heavy atom. The summed E-state index contributed by atoms with van der Waals surface area (Å²) < 4.78 is 32.6. The second kappa shape index (κ2) is 7.10. The van der Waals surface area contributed by atoms with Crippen molar-refractivity contribution in [3.05, 3.63) is 59.2 Å². The summed E-state index contributed by atoms with van der Waals surface area (Å²) >= 11 is 1.47. The number of fused-ring (bicyclic) bond motifs is 2. The third-order valence-corrected chi connectivity index (χ3v) is 7.53. The fourth-order valence-corrected chi connectivity index (χ4v) is 5.99. The molecule has 1 aromatic carbocycles. The lowest BCUT2D eigenvalue weighted by molar-refractivity contribution is -0.122. The zero-order valence-electron chi connectivity index (χ0n) is 17.7. The summed E-state index contributed by atoms with van der Waals surface area (Å²) in [4.78, 5) is 30.7. The number of likely N-dealkylation sites (tertiary alicyclic amines) is 1. The van der Waals surface area contributed by atoms with Crippen LogP contribution in [0, 0.1) is 0 Å². The summed E-state index contributed by atoms with van der Waals surface area (Å²) in [5.74, 6) is -3.93. The molecule has 0 bridgehead atoms. The van der Waals surface area contributed by atoms with E-state index in [4.69, 9.17) is 0 Å². The van der Waals surface area contributed by atoms with Gasteiger partial charge in [0.2, 0.25) is 0 Å². The SMILES string of the molecule is CN1CCC(n2cc(C3=C(c4c[nH]c5ccsc45)C(=O)NC3=O)c3ccccc32)C(F)(F)C1. The van der Waals surface area contributed by atoms with Gasteiger partial charge in [-0.1, -0.05) is 18.2 Å². The molecule has 2 amide bonds. The third-order valence-electron chi connectivity index (χ3n) is 6.58. The van der Waals surface area contributed by atoms with Crippen LogP contribution >= 0.6 is 11.3 Å². The largest absolute Gasteiger partial charge is 0.360 e. The third kappa shape index (κ3) is 2.99. The molecule has 0 saturated carbocycles. The number of H-pyrrole nitrogens is 1. The quantitative estimate of drug-likeness (QED) is 0.443. The number of para-hydroxylation sites is 1. The van der Waals surface area contributed by atoms with Gasteiger partial charge in [0, 0.05) is 41.0 Å². The zero-order chi connectivity index (χ0) is 22.9. The number of hydrogen-bond acceptors (Lipinski definition) is 4. The highest BCUT2D eigenvalue weighted by Gasteiger charge is 2.45. The topological polar surface area (TPSA) is 70.1 Å². The van der Waals surface area contributed by atoms with Gasteiger partial charge in [-0.3, -0.25) is 14.9 Å². The van der Waals surface area contributed by atoms with E-state index < -0.39 is 23.8 Å². The summed E-state index contributed by atoms with van der Waals surface area (Å²) in [6.45, 7) is 0.223. The molecular weight excluding hydrogens is 446 g/mol. The number of amides is 2. The summed E-state index contributed by atoms with van der Waals surface area (Å²) in [5.41, 5.74) is 3.12. The van der Waals surface area contributed by atoms with E-state index >= 15 is 8.78 Å². The van der Waals surface area contributed by atoms with Crippen LogP contribution in [0.2, 0.25) is 0 Å². The Kier molecular flexibility index (Phi) is 4.37. The van der Waals surface area contributed by atoms with Gasteiger partial charge in [0.25, 0.3) is 17.7 Å². The molecule has 1 atom stereocenters. The number of imide groups is 1. The normalized spacial score (nSPS) is 21.5. The van der Waals surface area contributed by atoms with Crippen molar-refractivity contribution in [1.29, 1.82) is 0 Å². The number of alkyl halides is 2. The van der Waals surface area contributed by atoms with Crippen molar-refractivity contribution in [1.82, 2.24) is 19.8 Å². The van der Waals surface area contributed by atoms with E-state index in [-0.39, 0.29) is 24.1 Å². The number of nitrogens with one attached hydrogen (secondary N) is 2. The molecule has 9 heteroatoms. The number of rotatable bonds is 3. The zero-order valence-corrected chi connectivity index (χ0v) is 18.5. The van der Waals surface area contributed by atoms with Crippen molar-refractivity contribution in [2.24, 2.45) is 0 Å². The van der Waals surface area contributed by atoms with Crippen molar-refractivity contribution in [2.75, 3.05) is 20.1 Å². The summed E-state index contributed by atoms with van der Waals surface area (Å²) in [6.07, 6.45) is 3.63. The summed E-state index contributed by atoms with van der Waals surface area (Å²) in [6, 6.07) is 8.08. The van der Waals surface area contributed by atoms with Crippen LogP contribution in [-0.2, 0) is 9.59 Å². The molecular formula is C24H20F2N4O2S. The van der Waals surface area contributed by atoms with E-state index in [0.29, 0.717) is 28.6 Å². The molecule has 0 aliphatic carbocycles. The minimum absolute atomic E-state index is 0.223. The van der Waals surface area contributed by atoms with Gasteiger partial charge in [0.1, 0.15) is 0 Å². The number of halogens is 2. The molecule has 1 fully saturated rings. The predicted octanol–water partition coefficient (Wildman–Crippen LogP) is 4.26. The van der Waals surface area contributed by atoms with Crippen LogP contribution in [0.1, 0.15) is 23.6 Å². The van der Waals surface area contributed by atoms with Gasteiger partial charge >= 0.3 is 0 Å². The van der Waals surface area contributed by atoms with E-state index in [0.717, 1.165) is 10.2 Å². The van der Waals surface area contributed by atoms with Crippen LogP contribution < -0.4 is 5.32 Å². The number of aromatic nitrogens is 2. The average Bonchev–Trinajstić information content (AvgIpc) is 3.50. The molecule has 4 aromatic rings. The summed E-state index contributed by atoms with van der Waals surface area (Å²) in [7, 11) is 1.69. The first-order valence-corrected chi connectivity index (χ1v) is 11.5. The molecule has 0 radical (unpaired) electrons. The molecule has 1 unspecified atom stereocenters. The lowest BCUT2D eigenvalue weighted by atomic mass is 9.97. The highest BCUT2D eigenvalue weighted by molar-refractivity contribution is 7.17. The molecule has 6 nitrogen and oxygen atoms in total. The Morgan fingerprint density at radius 1 is 1.09 bits per heavy atom. The van der Waals surface area contributed by atoms with Crippen LogP contribution in [0.25, 0.3) is 32.3 Å². The van der Waals surface area contributed by atoms with Gasteiger partial charge < -0.3 is 14.5 Å². The fourth-order valence-electron chi connectivity index (χ4n) is 5.10. The Balaban J connectivity index is 1.60.